The van der Waals surface area contributed by atoms with Crippen molar-refractivity contribution < 1.29 is 14.7 Å². The molecule has 8 rings (SSSR count). The number of benzene rings is 3. The summed E-state index contributed by atoms with van der Waals surface area (Å²) < 4.78 is 0. The molecule has 11 nitrogen and oxygen atoms in total. The van der Waals surface area contributed by atoms with E-state index in [-0.39, 0.29) is 23.9 Å². The van der Waals surface area contributed by atoms with Gasteiger partial charge in [-0.05, 0) is 91.1 Å². The maximum Gasteiger partial charge on any atom is 0.318 e. The molecule has 0 saturated carbocycles. The molecule has 11 heteroatoms. The summed E-state index contributed by atoms with van der Waals surface area (Å²) in [4.78, 5) is 47.1. The third-order valence-corrected chi connectivity index (χ3v) is 10.5. The van der Waals surface area contributed by atoms with E-state index < -0.39 is 12.1 Å². The predicted molar refractivity (Wildman–Crippen MR) is 190 cm³/mol. The highest BCUT2D eigenvalue weighted by Crippen LogP contribution is 2.34. The summed E-state index contributed by atoms with van der Waals surface area (Å²) in [7, 11) is 0. The molecule has 3 fully saturated rings. The first-order valence-electron chi connectivity index (χ1n) is 17.7. The number of urea groups is 1. The Morgan fingerprint density at radius 2 is 1.45 bits per heavy atom. The molecule has 5 aromatic rings. The number of H-pyrrole nitrogens is 2. The Hall–Kier alpha value is -4.74. The summed E-state index contributed by atoms with van der Waals surface area (Å²) in [6.45, 7) is 6.34. The zero-order valence-electron chi connectivity index (χ0n) is 28.1. The van der Waals surface area contributed by atoms with E-state index in [1.165, 1.54) is 6.42 Å². The van der Waals surface area contributed by atoms with Crippen molar-refractivity contribution in [3.63, 3.8) is 0 Å². The lowest BCUT2D eigenvalue weighted by atomic mass is 10.00. The van der Waals surface area contributed by atoms with E-state index in [9.17, 15) is 14.7 Å². The number of aromatic amines is 2. The van der Waals surface area contributed by atoms with Crippen LogP contribution in [0.1, 0.15) is 69.7 Å². The molecular formula is C38H44N8O3. The van der Waals surface area contributed by atoms with Gasteiger partial charge >= 0.3 is 6.03 Å². The van der Waals surface area contributed by atoms with Gasteiger partial charge in [-0.1, -0.05) is 50.2 Å². The van der Waals surface area contributed by atoms with Crippen molar-refractivity contribution in [3.8, 4) is 22.3 Å². The van der Waals surface area contributed by atoms with Crippen molar-refractivity contribution in [1.82, 2.24) is 40.4 Å². The smallest absolute Gasteiger partial charge is 0.318 e. The van der Waals surface area contributed by atoms with Crippen LogP contribution >= 0.6 is 0 Å². The molecule has 254 valence electrons. The Kier molecular flexibility index (Phi) is 8.33. The van der Waals surface area contributed by atoms with E-state index in [1.54, 1.807) is 4.90 Å². The van der Waals surface area contributed by atoms with Crippen molar-refractivity contribution in [2.24, 2.45) is 5.92 Å². The van der Waals surface area contributed by atoms with Gasteiger partial charge in [-0.25, -0.2) is 14.8 Å². The number of imidazole rings is 2. The van der Waals surface area contributed by atoms with Crippen LogP contribution in [0.5, 0.6) is 0 Å². The Morgan fingerprint density at radius 1 is 0.816 bits per heavy atom. The van der Waals surface area contributed by atoms with Gasteiger partial charge in [-0.2, -0.15) is 0 Å². The molecule has 0 aliphatic carbocycles. The first-order valence-corrected chi connectivity index (χ1v) is 17.7. The summed E-state index contributed by atoms with van der Waals surface area (Å²) >= 11 is 0. The monoisotopic (exact) mass is 660 g/mol. The molecule has 3 amide bonds. The van der Waals surface area contributed by atoms with Gasteiger partial charge in [0.15, 0.2) is 0 Å². The number of aliphatic hydroxyl groups is 1. The van der Waals surface area contributed by atoms with Crippen LogP contribution in [0.15, 0.2) is 60.7 Å². The second-order valence-electron chi connectivity index (χ2n) is 14.2. The van der Waals surface area contributed by atoms with E-state index in [0.717, 1.165) is 81.8 Å². The largest absolute Gasteiger partial charge is 0.391 e. The van der Waals surface area contributed by atoms with E-state index in [4.69, 9.17) is 9.97 Å². The standard InChI is InChI=1S/C38H44N8O3/c1-22(2)34(44-38(49)45-18-15-27(47)21-45)37(48)46-17-4-6-33(46)36-41-29-14-12-26(20-32(29)43-36)24-9-7-23(8-10-24)25-11-13-28-31(19-25)42-35(40-28)30-5-3-16-39-30/h7-14,19-20,22,27,30,33-34,39,47H,3-6,15-18,21H2,1-2H3,(H,40,42)(H,41,43)(H,44,49)/t27-,30-,33-,34-/m0/s1. The highest BCUT2D eigenvalue weighted by atomic mass is 16.3. The number of carbonyl (C=O) groups excluding carboxylic acids is 2. The summed E-state index contributed by atoms with van der Waals surface area (Å²) in [5, 5.41) is 16.4. The quantitative estimate of drug-likeness (QED) is 0.153. The number of β-amino-alcohol motifs (C(OH)–C–C–N with tert-alkyl or cyclic N) is 1. The molecule has 0 unspecified atom stereocenters. The molecule has 5 heterocycles. The van der Waals surface area contributed by atoms with Gasteiger partial charge in [0, 0.05) is 19.6 Å². The molecule has 4 atom stereocenters. The van der Waals surface area contributed by atoms with E-state index in [1.807, 2.05) is 24.8 Å². The number of carbonyl (C=O) groups is 2. The molecule has 0 spiro atoms. The molecule has 0 bridgehead atoms. The topological polar surface area (TPSA) is 142 Å². The van der Waals surface area contributed by atoms with Crippen molar-refractivity contribution in [2.75, 3.05) is 26.2 Å². The zero-order valence-corrected chi connectivity index (χ0v) is 28.1. The number of nitrogens with zero attached hydrogens (tertiary/aromatic N) is 4. The highest BCUT2D eigenvalue weighted by molar-refractivity contribution is 5.88. The van der Waals surface area contributed by atoms with E-state index >= 15 is 0 Å². The van der Waals surface area contributed by atoms with Crippen molar-refractivity contribution in [3.05, 3.63) is 72.3 Å². The zero-order chi connectivity index (χ0) is 33.6. The second-order valence-corrected chi connectivity index (χ2v) is 14.2. The molecule has 0 radical (unpaired) electrons. The van der Waals surface area contributed by atoms with Crippen LogP contribution in [0.3, 0.4) is 0 Å². The fourth-order valence-corrected chi connectivity index (χ4v) is 7.67. The van der Waals surface area contributed by atoms with Gasteiger partial charge in [0.2, 0.25) is 5.91 Å². The number of hydrogen-bond donors (Lipinski definition) is 5. The molecule has 3 aromatic carbocycles. The van der Waals surface area contributed by atoms with Gasteiger partial charge < -0.3 is 35.5 Å². The average Bonchev–Trinajstić information content (AvgIpc) is 3.95. The van der Waals surface area contributed by atoms with Gasteiger partial charge in [0.05, 0.1) is 40.3 Å². The van der Waals surface area contributed by atoms with Crippen LogP contribution in [-0.4, -0.2) is 85.1 Å². The Morgan fingerprint density at radius 3 is 2.04 bits per heavy atom. The first kappa shape index (κ1) is 31.5. The maximum absolute atomic E-state index is 13.9. The van der Waals surface area contributed by atoms with Crippen LogP contribution in [0, 0.1) is 5.92 Å². The highest BCUT2D eigenvalue weighted by Gasteiger charge is 2.38. The first-order chi connectivity index (χ1) is 23.8. The van der Waals surface area contributed by atoms with Crippen LogP contribution in [0.25, 0.3) is 44.3 Å². The van der Waals surface area contributed by atoms with Crippen molar-refractivity contribution in [2.45, 2.75) is 70.2 Å². The van der Waals surface area contributed by atoms with Crippen LogP contribution < -0.4 is 10.6 Å². The minimum atomic E-state index is -0.655. The summed E-state index contributed by atoms with van der Waals surface area (Å²) in [6.07, 6.45) is 4.02. The van der Waals surface area contributed by atoms with Crippen LogP contribution in [-0.2, 0) is 4.79 Å². The molecule has 2 aromatic heterocycles. The fraction of sp³-hybridized carbons (Fsp3) is 0.421. The number of amides is 3. The summed E-state index contributed by atoms with van der Waals surface area (Å²) in [5.41, 5.74) is 8.31. The third-order valence-electron chi connectivity index (χ3n) is 10.5. The number of nitrogens with one attached hydrogen (secondary N) is 4. The SMILES string of the molecule is CC(C)[C@H](NC(=O)N1CC[C@H](O)C1)C(=O)N1CCC[C@H]1c1nc2ccc(-c3ccc(-c4ccc5nc([C@@H]6CCCN6)[nH]c5c4)cc3)cc2[nH]1. The molecular weight excluding hydrogens is 616 g/mol. The number of likely N-dealkylation sites (tertiary alicyclic amines) is 2. The molecule has 5 N–H and O–H groups in total. The Bertz CT molecular complexity index is 1990. The lowest BCUT2D eigenvalue weighted by Crippen LogP contribution is -2.54. The van der Waals surface area contributed by atoms with Gasteiger partial charge in [-0.3, -0.25) is 4.79 Å². The van der Waals surface area contributed by atoms with Gasteiger partial charge in [0.25, 0.3) is 0 Å². The van der Waals surface area contributed by atoms with Crippen LogP contribution in [0.2, 0.25) is 0 Å². The van der Waals surface area contributed by atoms with E-state index in [0.29, 0.717) is 32.1 Å². The third kappa shape index (κ3) is 6.17. The van der Waals surface area contributed by atoms with Gasteiger partial charge in [0.1, 0.15) is 17.7 Å². The Labute approximate surface area is 285 Å². The Balaban J connectivity index is 0.981. The molecule has 49 heavy (non-hydrogen) atoms. The maximum atomic E-state index is 13.9. The molecule has 3 aliphatic heterocycles. The minimum Gasteiger partial charge on any atom is -0.391 e. The number of hydrogen-bond acceptors (Lipinski definition) is 6. The van der Waals surface area contributed by atoms with Crippen molar-refractivity contribution >= 4 is 34.0 Å². The van der Waals surface area contributed by atoms with Crippen LogP contribution in [0.4, 0.5) is 4.79 Å². The normalized spacial score (nSPS) is 21.8. The molecule has 3 saturated heterocycles. The number of aromatic nitrogens is 4. The number of rotatable bonds is 7. The average molecular weight is 661 g/mol. The van der Waals surface area contributed by atoms with Gasteiger partial charge in [-0.15, -0.1) is 0 Å². The lowest BCUT2D eigenvalue weighted by Gasteiger charge is -2.31. The second kappa shape index (κ2) is 12.9. The minimum absolute atomic E-state index is 0.0878. The molecule has 3 aliphatic rings. The van der Waals surface area contributed by atoms with Crippen molar-refractivity contribution in [1.29, 1.82) is 0 Å². The lowest BCUT2D eigenvalue weighted by molar-refractivity contribution is -0.135. The fourth-order valence-electron chi connectivity index (χ4n) is 7.67. The summed E-state index contributed by atoms with van der Waals surface area (Å²) in [6, 6.07) is 20.5. The number of aliphatic hydroxyl groups excluding tert-OH is 1. The number of fused-ring (bicyclic) bond motifs is 2. The van der Waals surface area contributed by atoms with E-state index in [2.05, 4.69) is 75.2 Å². The predicted octanol–water partition coefficient (Wildman–Crippen LogP) is 5.66. The summed E-state index contributed by atoms with van der Waals surface area (Å²) in [5.74, 6) is 1.61.